The van der Waals surface area contributed by atoms with E-state index < -0.39 is 29.9 Å². The topological polar surface area (TPSA) is 35.6 Å². The number of amides is 1. The molecule has 1 heterocycles. The van der Waals surface area contributed by atoms with E-state index in [2.05, 4.69) is 10.2 Å². The zero-order chi connectivity index (χ0) is 22.6. The normalized spacial score (nSPS) is 23.6. The molecule has 0 bridgehead atoms. The molecule has 3 rings (SSSR count). The van der Waals surface area contributed by atoms with Crippen molar-refractivity contribution in [2.24, 2.45) is 5.92 Å². The highest BCUT2D eigenvalue weighted by molar-refractivity contribution is 5.81. The molecule has 1 saturated carbocycles. The maximum Gasteiger partial charge on any atom is 0.471 e. The van der Waals surface area contributed by atoms with Gasteiger partial charge in [0.05, 0.1) is 5.56 Å². The van der Waals surface area contributed by atoms with Gasteiger partial charge in [-0.3, -0.25) is 9.69 Å². The van der Waals surface area contributed by atoms with E-state index >= 15 is 0 Å². The van der Waals surface area contributed by atoms with Gasteiger partial charge < -0.3 is 10.2 Å². The number of benzene rings is 1. The van der Waals surface area contributed by atoms with E-state index in [0.29, 0.717) is 37.5 Å². The third kappa shape index (κ3) is 6.75. The van der Waals surface area contributed by atoms with E-state index in [1.165, 1.54) is 12.1 Å². The van der Waals surface area contributed by atoms with Crippen molar-refractivity contribution in [3.63, 3.8) is 0 Å². The molecule has 10 heteroatoms. The fourth-order valence-electron chi connectivity index (χ4n) is 4.34. The van der Waals surface area contributed by atoms with Gasteiger partial charge in [-0.1, -0.05) is 6.07 Å². The molecule has 2 aliphatic rings. The van der Waals surface area contributed by atoms with E-state index in [-0.39, 0.29) is 0 Å². The van der Waals surface area contributed by atoms with E-state index in [0.717, 1.165) is 45.0 Å². The number of nitrogens with one attached hydrogen (secondary N) is 1. The average Bonchev–Trinajstić information content (AvgIpc) is 2.72. The first kappa shape index (κ1) is 23.7. The number of carbonyl (C=O) groups excluding carboxylic acids is 1. The Hall–Kier alpha value is -1.97. The molecule has 0 radical (unpaired) electrons. The van der Waals surface area contributed by atoms with Gasteiger partial charge in [-0.2, -0.15) is 26.3 Å². The number of piperazine rings is 1. The first-order valence-corrected chi connectivity index (χ1v) is 10.5. The van der Waals surface area contributed by atoms with Crippen molar-refractivity contribution in [3.05, 3.63) is 29.8 Å². The standard InChI is InChI=1S/C21H27F6N3O/c22-20(23,24)16-2-1-3-18(14-16)30-12-10-29(11-13-30)9-8-15-4-6-17(7-5-15)28-19(31)21(25,26)27/h1-3,14-15,17H,4-13H2,(H,28,31)/t15-,17-. The quantitative estimate of drug-likeness (QED) is 0.672. The molecular weight excluding hydrogens is 424 g/mol. The Morgan fingerprint density at radius 1 is 0.968 bits per heavy atom. The molecule has 174 valence electrons. The molecule has 4 nitrogen and oxygen atoms in total. The van der Waals surface area contributed by atoms with Crippen LogP contribution in [-0.4, -0.2) is 55.7 Å². The average molecular weight is 451 g/mol. The van der Waals surface area contributed by atoms with E-state index in [4.69, 9.17) is 0 Å². The predicted octanol–water partition coefficient (Wildman–Crippen LogP) is 4.45. The predicted molar refractivity (Wildman–Crippen MR) is 105 cm³/mol. The van der Waals surface area contributed by atoms with Crippen LogP contribution in [0.25, 0.3) is 0 Å². The summed E-state index contributed by atoms with van der Waals surface area (Å²) < 4.78 is 75.8. The first-order valence-electron chi connectivity index (χ1n) is 10.5. The van der Waals surface area contributed by atoms with Crippen LogP contribution >= 0.6 is 0 Å². The van der Waals surface area contributed by atoms with Crippen LogP contribution in [-0.2, 0) is 11.0 Å². The van der Waals surface area contributed by atoms with Crippen LogP contribution in [0.2, 0.25) is 0 Å². The van der Waals surface area contributed by atoms with Crippen molar-refractivity contribution in [2.45, 2.75) is 50.5 Å². The van der Waals surface area contributed by atoms with Crippen LogP contribution in [0.1, 0.15) is 37.7 Å². The van der Waals surface area contributed by atoms with E-state index in [1.807, 2.05) is 4.90 Å². The lowest BCUT2D eigenvalue weighted by atomic mass is 9.84. The molecular formula is C21H27F6N3O. The van der Waals surface area contributed by atoms with E-state index in [9.17, 15) is 31.1 Å². The van der Waals surface area contributed by atoms with Crippen molar-refractivity contribution in [3.8, 4) is 0 Å². The van der Waals surface area contributed by atoms with Gasteiger partial charge in [-0.15, -0.1) is 0 Å². The molecule has 0 aromatic heterocycles. The fourth-order valence-corrected chi connectivity index (χ4v) is 4.34. The molecule has 1 aromatic carbocycles. The lowest BCUT2D eigenvalue weighted by Gasteiger charge is -2.37. The number of hydrogen-bond donors (Lipinski definition) is 1. The summed E-state index contributed by atoms with van der Waals surface area (Å²) in [5.41, 5.74) is -0.0665. The molecule has 0 unspecified atom stereocenters. The minimum atomic E-state index is -4.84. The third-order valence-electron chi connectivity index (χ3n) is 6.20. The summed E-state index contributed by atoms with van der Waals surface area (Å²) in [6.07, 6.45) is -5.59. The van der Waals surface area contributed by atoms with Crippen LogP contribution < -0.4 is 10.2 Å². The summed E-state index contributed by atoms with van der Waals surface area (Å²) >= 11 is 0. The summed E-state index contributed by atoms with van der Waals surface area (Å²) in [5, 5.41) is 2.07. The molecule has 0 atom stereocenters. The minimum Gasteiger partial charge on any atom is -0.369 e. The Bertz CT molecular complexity index is 735. The number of alkyl halides is 6. The summed E-state index contributed by atoms with van der Waals surface area (Å²) in [7, 11) is 0. The van der Waals surface area contributed by atoms with Gasteiger partial charge in [0.15, 0.2) is 0 Å². The van der Waals surface area contributed by atoms with Crippen molar-refractivity contribution in [2.75, 3.05) is 37.6 Å². The van der Waals surface area contributed by atoms with Gasteiger partial charge in [0.25, 0.3) is 0 Å². The van der Waals surface area contributed by atoms with Gasteiger partial charge in [0.2, 0.25) is 0 Å². The van der Waals surface area contributed by atoms with Gasteiger partial charge in [0.1, 0.15) is 0 Å². The number of halogens is 6. The Morgan fingerprint density at radius 3 is 2.19 bits per heavy atom. The maximum absolute atomic E-state index is 12.9. The van der Waals surface area contributed by atoms with Gasteiger partial charge >= 0.3 is 18.3 Å². The second-order valence-corrected chi connectivity index (χ2v) is 8.35. The van der Waals surface area contributed by atoms with Crippen molar-refractivity contribution in [1.82, 2.24) is 10.2 Å². The summed E-state index contributed by atoms with van der Waals surface area (Å²) in [6.45, 7) is 3.68. The second kappa shape index (κ2) is 9.67. The van der Waals surface area contributed by atoms with Crippen LogP contribution in [0.15, 0.2) is 24.3 Å². The molecule has 1 aliphatic carbocycles. The first-order chi connectivity index (χ1) is 14.5. The number of nitrogens with zero attached hydrogens (tertiary/aromatic N) is 2. The van der Waals surface area contributed by atoms with Crippen LogP contribution in [0.3, 0.4) is 0 Å². The Labute approximate surface area is 177 Å². The van der Waals surface area contributed by atoms with Gasteiger partial charge in [-0.25, -0.2) is 0 Å². The Morgan fingerprint density at radius 2 is 1.61 bits per heavy atom. The number of hydrogen-bond acceptors (Lipinski definition) is 3. The van der Waals surface area contributed by atoms with Gasteiger partial charge in [0, 0.05) is 37.9 Å². The zero-order valence-corrected chi connectivity index (χ0v) is 17.1. The number of rotatable bonds is 5. The van der Waals surface area contributed by atoms with Crippen molar-refractivity contribution >= 4 is 11.6 Å². The second-order valence-electron chi connectivity index (χ2n) is 8.35. The van der Waals surface area contributed by atoms with Crippen molar-refractivity contribution in [1.29, 1.82) is 0 Å². The molecule has 0 spiro atoms. The molecule has 1 aliphatic heterocycles. The minimum absolute atomic E-state index is 0.415. The molecule has 1 N–H and O–H groups in total. The number of anilines is 1. The largest absolute Gasteiger partial charge is 0.471 e. The molecule has 1 aromatic rings. The Balaban J connectivity index is 1.37. The summed E-state index contributed by atoms with van der Waals surface area (Å²) in [6, 6.07) is 4.97. The van der Waals surface area contributed by atoms with Crippen LogP contribution in [0.4, 0.5) is 32.0 Å². The highest BCUT2D eigenvalue weighted by Crippen LogP contribution is 2.32. The monoisotopic (exact) mass is 451 g/mol. The molecule has 1 saturated heterocycles. The maximum atomic E-state index is 12.9. The number of carbonyl (C=O) groups is 1. The molecule has 31 heavy (non-hydrogen) atoms. The smallest absolute Gasteiger partial charge is 0.369 e. The van der Waals surface area contributed by atoms with Crippen LogP contribution in [0, 0.1) is 5.92 Å². The van der Waals surface area contributed by atoms with Gasteiger partial charge in [-0.05, 0) is 62.8 Å². The highest BCUT2D eigenvalue weighted by Gasteiger charge is 2.40. The Kier molecular flexibility index (Phi) is 7.39. The summed E-state index contributed by atoms with van der Waals surface area (Å²) in [4.78, 5) is 15.3. The molecule has 2 fully saturated rings. The lowest BCUT2D eigenvalue weighted by molar-refractivity contribution is -0.174. The van der Waals surface area contributed by atoms with Crippen molar-refractivity contribution < 1.29 is 31.1 Å². The zero-order valence-electron chi connectivity index (χ0n) is 17.1. The highest BCUT2D eigenvalue weighted by atomic mass is 19.4. The summed E-state index contributed by atoms with van der Waals surface area (Å²) in [5.74, 6) is -1.45. The lowest BCUT2D eigenvalue weighted by Crippen LogP contribution is -2.47. The van der Waals surface area contributed by atoms with E-state index in [1.54, 1.807) is 6.07 Å². The fraction of sp³-hybridized carbons (Fsp3) is 0.667. The third-order valence-corrected chi connectivity index (χ3v) is 6.20. The molecule has 1 amide bonds. The SMILES string of the molecule is O=C(N[C@H]1CC[C@H](CCN2CCN(c3cccc(C(F)(F)F)c3)CC2)CC1)C(F)(F)F. The van der Waals surface area contributed by atoms with Crippen LogP contribution in [0.5, 0.6) is 0 Å².